The molecule has 2 aromatic rings. The summed E-state index contributed by atoms with van der Waals surface area (Å²) in [4.78, 5) is 3.98. The smallest absolute Gasteiger partial charge is 0.265 e. The van der Waals surface area contributed by atoms with Gasteiger partial charge in [-0.1, -0.05) is 23.5 Å². The number of benzene rings is 1. The van der Waals surface area contributed by atoms with E-state index in [4.69, 9.17) is 5.84 Å². The number of halogens is 1. The fraction of sp³-hybridized carbons (Fsp3) is 0. The molecule has 1 aromatic heterocycles. The lowest BCUT2D eigenvalue weighted by Gasteiger charge is -2.09. The predicted octanol–water partition coefficient (Wildman–Crippen LogP) is 1.99. The number of thiazole rings is 1. The maximum Gasteiger partial charge on any atom is 0.265 e. The molecule has 0 radical (unpaired) electrons. The van der Waals surface area contributed by atoms with E-state index in [0.29, 0.717) is 5.69 Å². The number of nitrogens with two attached hydrogens (primary N) is 1. The lowest BCUT2D eigenvalue weighted by molar-refractivity contribution is 0.601. The van der Waals surface area contributed by atoms with Gasteiger partial charge in [-0.2, -0.15) is 0 Å². The molecule has 18 heavy (non-hydrogen) atoms. The number of hydrogen-bond acceptors (Lipinski definition) is 6. The van der Waals surface area contributed by atoms with E-state index in [1.165, 1.54) is 23.6 Å². The molecule has 4 N–H and O–H groups in total. The minimum Gasteiger partial charge on any atom is -0.323 e. The molecule has 0 fully saturated rings. The van der Waals surface area contributed by atoms with Gasteiger partial charge in [0.2, 0.25) is 0 Å². The minimum atomic E-state index is -3.71. The van der Waals surface area contributed by atoms with Crippen molar-refractivity contribution in [1.82, 2.24) is 4.98 Å². The fourth-order valence-electron chi connectivity index (χ4n) is 1.29. The van der Waals surface area contributed by atoms with Crippen LogP contribution in [0.15, 0.2) is 39.1 Å². The fourth-order valence-corrected chi connectivity index (χ4v) is 3.81. The molecule has 6 nitrogen and oxygen atoms in total. The topological polar surface area (TPSA) is 97.1 Å². The molecule has 0 aliphatic carbocycles. The average Bonchev–Trinajstić information content (AvgIpc) is 2.74. The van der Waals surface area contributed by atoms with Crippen LogP contribution < -0.4 is 16.0 Å². The van der Waals surface area contributed by atoms with Gasteiger partial charge in [-0.25, -0.2) is 13.4 Å². The summed E-state index contributed by atoms with van der Waals surface area (Å²) in [6, 6.07) is 6.34. The van der Waals surface area contributed by atoms with Crippen molar-refractivity contribution in [2.45, 2.75) is 4.90 Å². The van der Waals surface area contributed by atoms with Gasteiger partial charge in [0.15, 0.2) is 5.13 Å². The number of nitrogens with zero attached hydrogens (tertiary/aromatic N) is 1. The number of nitrogen functional groups attached to an aromatic ring is 1. The van der Waals surface area contributed by atoms with E-state index in [1.807, 2.05) is 0 Å². The quantitative estimate of drug-likeness (QED) is 0.579. The average molecular weight is 349 g/mol. The zero-order chi connectivity index (χ0) is 13.2. The normalized spacial score (nSPS) is 11.2. The van der Waals surface area contributed by atoms with Gasteiger partial charge >= 0.3 is 0 Å². The number of anilines is 2. The number of para-hydroxylation sites is 1. The zero-order valence-corrected chi connectivity index (χ0v) is 12.1. The van der Waals surface area contributed by atoms with Crippen molar-refractivity contribution in [2.75, 3.05) is 10.1 Å². The standard InChI is InChI=1S/C9H9BrN4O2S2/c10-8-5-12-9(17-8)14-18(15,16)7-4-2-1-3-6(7)13-11/h1-5,13H,11H2,(H,12,14). The van der Waals surface area contributed by atoms with Crippen LogP contribution in [0.2, 0.25) is 0 Å². The molecule has 2 rings (SSSR count). The van der Waals surface area contributed by atoms with Crippen LogP contribution in [-0.4, -0.2) is 13.4 Å². The molecular weight excluding hydrogens is 340 g/mol. The Morgan fingerprint density at radius 1 is 1.33 bits per heavy atom. The van der Waals surface area contributed by atoms with E-state index in [0.717, 1.165) is 3.79 Å². The van der Waals surface area contributed by atoms with Crippen molar-refractivity contribution in [3.8, 4) is 0 Å². The van der Waals surface area contributed by atoms with Crippen LogP contribution in [0.5, 0.6) is 0 Å². The first-order valence-electron chi connectivity index (χ1n) is 4.73. The molecule has 0 bridgehead atoms. The Labute approximate surface area is 116 Å². The van der Waals surface area contributed by atoms with Gasteiger partial charge in [-0.3, -0.25) is 10.6 Å². The maximum atomic E-state index is 12.1. The van der Waals surface area contributed by atoms with E-state index in [9.17, 15) is 8.42 Å². The summed E-state index contributed by atoms with van der Waals surface area (Å²) >= 11 is 4.40. The number of hydrogen-bond donors (Lipinski definition) is 3. The molecule has 0 saturated carbocycles. The third-order valence-electron chi connectivity index (χ3n) is 2.03. The molecule has 0 saturated heterocycles. The van der Waals surface area contributed by atoms with Crippen molar-refractivity contribution in [3.63, 3.8) is 0 Å². The highest BCUT2D eigenvalue weighted by Crippen LogP contribution is 2.27. The number of rotatable bonds is 4. The van der Waals surface area contributed by atoms with Crippen LogP contribution in [-0.2, 0) is 10.0 Å². The molecule has 0 aliphatic heterocycles. The van der Waals surface area contributed by atoms with E-state index in [2.05, 4.69) is 31.1 Å². The van der Waals surface area contributed by atoms with Gasteiger partial charge in [-0.15, -0.1) is 0 Å². The summed E-state index contributed by atoms with van der Waals surface area (Å²) in [6.07, 6.45) is 1.52. The Balaban J connectivity index is 2.36. The summed E-state index contributed by atoms with van der Waals surface area (Å²) in [5, 5.41) is 0.286. The van der Waals surface area contributed by atoms with Crippen LogP contribution in [0.4, 0.5) is 10.8 Å². The summed E-state index contributed by atoms with van der Waals surface area (Å²) in [5.41, 5.74) is 2.67. The number of aromatic nitrogens is 1. The third kappa shape index (κ3) is 2.80. The highest BCUT2D eigenvalue weighted by molar-refractivity contribution is 9.11. The molecule has 0 spiro atoms. The lowest BCUT2D eigenvalue weighted by Crippen LogP contribution is -2.17. The van der Waals surface area contributed by atoms with Crippen molar-refractivity contribution in [2.24, 2.45) is 5.84 Å². The van der Waals surface area contributed by atoms with Gasteiger partial charge in [0.05, 0.1) is 15.7 Å². The van der Waals surface area contributed by atoms with Crippen LogP contribution in [0.25, 0.3) is 0 Å². The van der Waals surface area contributed by atoms with Crippen LogP contribution in [0.1, 0.15) is 0 Å². The van der Waals surface area contributed by atoms with E-state index in [1.54, 1.807) is 18.2 Å². The molecule has 96 valence electrons. The molecule has 0 atom stereocenters. The molecule has 0 unspecified atom stereocenters. The Morgan fingerprint density at radius 3 is 2.67 bits per heavy atom. The van der Waals surface area contributed by atoms with Crippen molar-refractivity contribution in [3.05, 3.63) is 34.2 Å². The summed E-state index contributed by atoms with van der Waals surface area (Å²) < 4.78 is 27.4. The highest BCUT2D eigenvalue weighted by atomic mass is 79.9. The highest BCUT2D eigenvalue weighted by Gasteiger charge is 2.19. The van der Waals surface area contributed by atoms with Gasteiger partial charge in [0.1, 0.15) is 4.90 Å². The monoisotopic (exact) mass is 348 g/mol. The molecule has 1 heterocycles. The molecule has 0 aliphatic rings. The molecule has 0 amide bonds. The number of sulfonamides is 1. The van der Waals surface area contributed by atoms with Gasteiger partial charge in [0, 0.05) is 0 Å². The van der Waals surface area contributed by atoms with Crippen LogP contribution in [0.3, 0.4) is 0 Å². The first kappa shape index (κ1) is 13.3. The molecule has 1 aromatic carbocycles. The minimum absolute atomic E-state index is 0.0684. The summed E-state index contributed by atoms with van der Waals surface area (Å²) in [7, 11) is -3.71. The van der Waals surface area contributed by atoms with Crippen molar-refractivity contribution in [1.29, 1.82) is 0 Å². The van der Waals surface area contributed by atoms with E-state index in [-0.39, 0.29) is 10.0 Å². The first-order chi connectivity index (χ1) is 8.53. The van der Waals surface area contributed by atoms with Gasteiger partial charge in [-0.05, 0) is 28.1 Å². The SMILES string of the molecule is NNc1ccccc1S(=O)(=O)Nc1ncc(Br)s1. The number of hydrazine groups is 1. The Hall–Kier alpha value is -1.16. The van der Waals surface area contributed by atoms with E-state index >= 15 is 0 Å². The maximum absolute atomic E-state index is 12.1. The Bertz CT molecular complexity index is 656. The van der Waals surface area contributed by atoms with E-state index < -0.39 is 10.0 Å². The number of nitrogens with one attached hydrogen (secondary N) is 2. The predicted molar refractivity (Wildman–Crippen MR) is 74.9 cm³/mol. The van der Waals surface area contributed by atoms with Gasteiger partial charge in [0.25, 0.3) is 10.0 Å². The van der Waals surface area contributed by atoms with Crippen molar-refractivity contribution >= 4 is 48.1 Å². The third-order valence-corrected chi connectivity index (χ3v) is 4.95. The second-order valence-corrected chi connectivity index (χ2v) is 7.28. The zero-order valence-electron chi connectivity index (χ0n) is 8.92. The van der Waals surface area contributed by atoms with Crippen LogP contribution >= 0.6 is 27.3 Å². The largest absolute Gasteiger partial charge is 0.323 e. The summed E-state index contributed by atoms with van der Waals surface area (Å²) in [5.74, 6) is 5.28. The van der Waals surface area contributed by atoms with Crippen LogP contribution in [0, 0.1) is 0 Å². The lowest BCUT2D eigenvalue weighted by atomic mass is 10.3. The first-order valence-corrected chi connectivity index (χ1v) is 7.82. The molecular formula is C9H9BrN4O2S2. The van der Waals surface area contributed by atoms with Gasteiger partial charge < -0.3 is 5.43 Å². The van der Waals surface area contributed by atoms with Crippen molar-refractivity contribution < 1.29 is 8.42 Å². The summed E-state index contributed by atoms with van der Waals surface area (Å²) in [6.45, 7) is 0. The Morgan fingerprint density at radius 2 is 2.06 bits per heavy atom. The molecule has 9 heteroatoms. The second kappa shape index (κ2) is 5.22. The second-order valence-electron chi connectivity index (χ2n) is 3.22. The Kier molecular flexibility index (Phi) is 3.85.